The van der Waals surface area contributed by atoms with Crippen LogP contribution < -0.4 is 20.9 Å². The van der Waals surface area contributed by atoms with Gasteiger partial charge in [0.25, 0.3) is 11.8 Å². The highest BCUT2D eigenvalue weighted by atomic mass is 35.5. The summed E-state index contributed by atoms with van der Waals surface area (Å²) >= 11 is 6.21. The monoisotopic (exact) mass is 726 g/mol. The molecule has 1 aliphatic rings. The molecule has 0 saturated heterocycles. The summed E-state index contributed by atoms with van der Waals surface area (Å²) in [6.07, 6.45) is -0.572. The topological polar surface area (TPSA) is 126 Å². The zero-order valence-corrected chi connectivity index (χ0v) is 29.5. The van der Waals surface area contributed by atoms with Crippen molar-refractivity contribution in [2.75, 3.05) is 31.2 Å². The minimum atomic E-state index is -0.984. The number of carbonyl (C=O) groups is 4. The van der Waals surface area contributed by atoms with Crippen molar-refractivity contribution in [3.63, 3.8) is 0 Å². The molecular weight excluding hydrogens is 689 g/mol. The van der Waals surface area contributed by atoms with Crippen LogP contribution in [0.3, 0.4) is 0 Å². The summed E-state index contributed by atoms with van der Waals surface area (Å²) in [7, 11) is 0. The van der Waals surface area contributed by atoms with Crippen molar-refractivity contribution in [1.29, 1.82) is 0 Å². The highest BCUT2D eigenvalue weighted by Crippen LogP contribution is 2.43. The number of amides is 4. The molecule has 3 aromatic rings. The van der Waals surface area contributed by atoms with Crippen molar-refractivity contribution < 1.29 is 41.8 Å². The third kappa shape index (κ3) is 10.0. The van der Waals surface area contributed by atoms with E-state index in [-0.39, 0.29) is 60.5 Å². The maximum atomic E-state index is 14.9. The van der Waals surface area contributed by atoms with E-state index in [0.717, 1.165) is 12.1 Å². The second-order valence-corrected chi connectivity index (χ2v) is 13.5. The molecule has 0 aliphatic carbocycles. The molecule has 3 aromatic carbocycles. The SMILES string of the molecule is CC(C)(C)OC(=O)NCCOCCNC(=O)C#Cc1cc(F)c(CNC(=O)c2ccc3c(c2)N(Cc2c(F)cccc2Cl)C(=O)C3(C)C)c(F)c1. The van der Waals surface area contributed by atoms with Gasteiger partial charge >= 0.3 is 6.09 Å². The largest absolute Gasteiger partial charge is 0.444 e. The highest BCUT2D eigenvalue weighted by molar-refractivity contribution is 6.31. The van der Waals surface area contributed by atoms with E-state index in [1.165, 1.54) is 35.2 Å². The van der Waals surface area contributed by atoms with Crippen molar-refractivity contribution >= 4 is 41.1 Å². The Balaban J connectivity index is 1.31. The standard InChI is InChI=1S/C37H38ClF3N4O6/c1-36(2,3)51-35(49)43-14-16-50-15-13-42-32(46)12-9-22-17-29(40)24(30(41)18-22)20-44-33(47)23-10-11-26-31(19-23)45(34(48)37(26,4)5)21-25-27(38)7-6-8-28(25)39/h6-8,10-11,17-19H,13-16,20-21H2,1-5H3,(H,42,46)(H,43,49)(H,44,47). The van der Waals surface area contributed by atoms with Crippen LogP contribution in [0.4, 0.5) is 23.7 Å². The average Bonchev–Trinajstić information content (AvgIpc) is 3.23. The van der Waals surface area contributed by atoms with Gasteiger partial charge in [-0.3, -0.25) is 14.4 Å². The molecule has 14 heteroatoms. The molecule has 0 radical (unpaired) electrons. The Hall–Kier alpha value is -5.06. The summed E-state index contributed by atoms with van der Waals surface area (Å²) in [6, 6.07) is 10.7. The van der Waals surface area contributed by atoms with E-state index in [1.54, 1.807) is 40.7 Å². The van der Waals surface area contributed by atoms with Gasteiger partial charge in [-0.25, -0.2) is 18.0 Å². The summed E-state index contributed by atoms with van der Waals surface area (Å²) < 4.78 is 54.8. The molecule has 0 atom stereocenters. The lowest BCUT2D eigenvalue weighted by atomic mass is 9.86. The van der Waals surface area contributed by atoms with Crippen LogP contribution in [0.5, 0.6) is 0 Å². The second-order valence-electron chi connectivity index (χ2n) is 13.1. The predicted octanol–water partition coefficient (Wildman–Crippen LogP) is 5.52. The number of fused-ring (bicyclic) bond motifs is 1. The van der Waals surface area contributed by atoms with Crippen molar-refractivity contribution in [2.45, 2.75) is 58.7 Å². The van der Waals surface area contributed by atoms with Crippen molar-refractivity contribution in [1.82, 2.24) is 16.0 Å². The maximum Gasteiger partial charge on any atom is 0.407 e. The summed E-state index contributed by atoms with van der Waals surface area (Å²) in [5, 5.41) is 7.65. The number of ether oxygens (including phenoxy) is 2. The van der Waals surface area contributed by atoms with Gasteiger partial charge in [-0.05, 0) is 76.6 Å². The summed E-state index contributed by atoms with van der Waals surface area (Å²) in [6.45, 7) is 8.64. The summed E-state index contributed by atoms with van der Waals surface area (Å²) in [5.41, 5.74) is -0.851. The lowest BCUT2D eigenvalue weighted by Gasteiger charge is -2.21. The second kappa shape index (κ2) is 16.3. The average molecular weight is 727 g/mol. The van der Waals surface area contributed by atoms with E-state index in [9.17, 15) is 32.3 Å². The quantitative estimate of drug-likeness (QED) is 0.177. The van der Waals surface area contributed by atoms with E-state index < -0.39 is 58.5 Å². The van der Waals surface area contributed by atoms with Crippen LogP contribution in [0.1, 0.15) is 67.2 Å². The van der Waals surface area contributed by atoms with Gasteiger partial charge in [-0.1, -0.05) is 29.7 Å². The third-order valence-electron chi connectivity index (χ3n) is 7.72. The van der Waals surface area contributed by atoms with Crippen LogP contribution >= 0.6 is 11.6 Å². The molecule has 270 valence electrons. The lowest BCUT2D eigenvalue weighted by Crippen LogP contribution is -2.36. The van der Waals surface area contributed by atoms with Gasteiger partial charge in [-0.2, -0.15) is 0 Å². The molecule has 4 rings (SSSR count). The lowest BCUT2D eigenvalue weighted by molar-refractivity contribution is -0.122. The molecule has 51 heavy (non-hydrogen) atoms. The molecule has 0 saturated carbocycles. The number of alkyl carbamates (subject to hydrolysis) is 1. The molecule has 0 spiro atoms. The first-order valence-electron chi connectivity index (χ1n) is 16.0. The number of hydrogen-bond donors (Lipinski definition) is 3. The van der Waals surface area contributed by atoms with Gasteiger partial charge in [0.2, 0.25) is 5.91 Å². The Morgan fingerprint density at radius 3 is 2.22 bits per heavy atom. The molecule has 0 aromatic heterocycles. The zero-order chi connectivity index (χ0) is 37.5. The number of hydrogen-bond acceptors (Lipinski definition) is 6. The van der Waals surface area contributed by atoms with Crippen molar-refractivity contribution in [3.8, 4) is 11.8 Å². The Kier molecular flexibility index (Phi) is 12.4. The molecule has 4 amide bonds. The van der Waals surface area contributed by atoms with Crippen molar-refractivity contribution in [3.05, 3.63) is 98.8 Å². The van der Waals surface area contributed by atoms with E-state index >= 15 is 0 Å². The fourth-order valence-corrected chi connectivity index (χ4v) is 5.37. The van der Waals surface area contributed by atoms with E-state index in [4.69, 9.17) is 21.1 Å². The van der Waals surface area contributed by atoms with Gasteiger partial charge in [-0.15, -0.1) is 0 Å². The summed E-state index contributed by atoms with van der Waals surface area (Å²) in [5.74, 6) is 0.433. The molecule has 10 nitrogen and oxygen atoms in total. The van der Waals surface area contributed by atoms with Crippen LogP contribution in [-0.4, -0.2) is 55.7 Å². The van der Waals surface area contributed by atoms with Gasteiger partial charge in [0.15, 0.2) is 0 Å². The van der Waals surface area contributed by atoms with Crippen LogP contribution in [0.2, 0.25) is 5.02 Å². The molecule has 1 aliphatic heterocycles. The van der Waals surface area contributed by atoms with Gasteiger partial charge in [0.05, 0.1) is 25.2 Å². The Morgan fingerprint density at radius 1 is 0.902 bits per heavy atom. The van der Waals surface area contributed by atoms with Crippen LogP contribution in [0.25, 0.3) is 0 Å². The first-order chi connectivity index (χ1) is 24.0. The smallest absolute Gasteiger partial charge is 0.407 e. The number of rotatable bonds is 11. The van der Waals surface area contributed by atoms with E-state index in [2.05, 4.69) is 27.8 Å². The number of benzene rings is 3. The van der Waals surface area contributed by atoms with Gasteiger partial charge in [0, 0.05) is 58.5 Å². The van der Waals surface area contributed by atoms with E-state index in [0.29, 0.717) is 11.3 Å². The number of halogens is 4. The van der Waals surface area contributed by atoms with Crippen LogP contribution in [0.15, 0.2) is 48.5 Å². The Morgan fingerprint density at radius 2 is 1.57 bits per heavy atom. The Bertz CT molecular complexity index is 1860. The molecule has 0 fully saturated rings. The molecule has 0 bridgehead atoms. The fourth-order valence-electron chi connectivity index (χ4n) is 5.15. The van der Waals surface area contributed by atoms with Crippen molar-refractivity contribution in [2.24, 2.45) is 0 Å². The molecule has 3 N–H and O–H groups in total. The minimum Gasteiger partial charge on any atom is -0.444 e. The first kappa shape index (κ1) is 38.7. The Labute approximate surface area is 299 Å². The maximum absolute atomic E-state index is 14.9. The summed E-state index contributed by atoms with van der Waals surface area (Å²) in [4.78, 5) is 51.4. The van der Waals surface area contributed by atoms with E-state index in [1.807, 2.05) is 0 Å². The molecule has 1 heterocycles. The number of nitrogens with one attached hydrogen (secondary N) is 3. The highest BCUT2D eigenvalue weighted by Gasteiger charge is 2.44. The minimum absolute atomic E-state index is 0.0966. The number of nitrogens with zero attached hydrogens (tertiary/aromatic N) is 1. The number of anilines is 1. The third-order valence-corrected chi connectivity index (χ3v) is 8.07. The molecular formula is C37H38ClF3N4O6. The zero-order valence-electron chi connectivity index (χ0n) is 28.8. The fraction of sp³-hybridized carbons (Fsp3) is 0.351. The first-order valence-corrected chi connectivity index (χ1v) is 16.4. The van der Waals surface area contributed by atoms with Crippen LogP contribution in [-0.2, 0) is 37.6 Å². The molecule has 0 unspecified atom stereocenters. The van der Waals surface area contributed by atoms with Gasteiger partial charge < -0.3 is 30.3 Å². The number of carbonyl (C=O) groups excluding carboxylic acids is 4. The normalized spacial score (nSPS) is 13.2. The van der Waals surface area contributed by atoms with Crippen LogP contribution in [0, 0.1) is 29.3 Å². The van der Waals surface area contributed by atoms with Gasteiger partial charge in [0.1, 0.15) is 23.1 Å². The predicted molar refractivity (Wildman–Crippen MR) is 185 cm³/mol.